The molecule has 98 valence electrons. The lowest BCUT2D eigenvalue weighted by Crippen LogP contribution is -1.99. The van der Waals surface area contributed by atoms with E-state index in [1.165, 1.54) is 20.2 Å². The maximum absolute atomic E-state index is 11.2. The molecule has 0 aliphatic carbocycles. The molecule has 0 fully saturated rings. The molecule has 0 radical (unpaired) electrons. The Labute approximate surface area is 121 Å². The van der Waals surface area contributed by atoms with E-state index < -0.39 is 5.97 Å². The van der Waals surface area contributed by atoms with Crippen LogP contribution in [0.4, 0.5) is 0 Å². The highest BCUT2D eigenvalue weighted by atomic mass is 32.1. The summed E-state index contributed by atoms with van der Waals surface area (Å²) in [5.41, 5.74) is 0.828. The fraction of sp³-hybridized carbons (Fsp3) is 0.118. The monoisotopic (exact) mass is 280 g/mol. The number of thiophene rings is 1. The van der Waals surface area contributed by atoms with Crippen LogP contribution in [-0.2, 0) is 9.53 Å². The van der Waals surface area contributed by atoms with Crippen LogP contribution in [0.25, 0.3) is 20.2 Å². The third kappa shape index (κ3) is 2.38. The third-order valence-electron chi connectivity index (χ3n) is 2.96. The van der Waals surface area contributed by atoms with Crippen molar-refractivity contribution in [3.05, 3.63) is 48.0 Å². The molecule has 0 aliphatic heterocycles. The Morgan fingerprint density at radius 1 is 1.15 bits per heavy atom. The number of fused-ring (bicyclic) bond motifs is 3. The third-order valence-corrected chi connectivity index (χ3v) is 4.11. The number of carbonyl (C=O) groups is 1. The van der Waals surface area contributed by atoms with Crippen LogP contribution < -0.4 is 0 Å². The molecule has 0 spiro atoms. The number of ether oxygens (including phenoxy) is 1. The minimum atomic E-state index is -0.484. The van der Waals surface area contributed by atoms with Gasteiger partial charge >= 0.3 is 5.97 Å². The van der Waals surface area contributed by atoms with E-state index in [9.17, 15) is 4.79 Å². The van der Waals surface area contributed by atoms with E-state index in [1.807, 2.05) is 24.3 Å². The summed E-state index contributed by atoms with van der Waals surface area (Å²) in [5.74, 6) is 4.87. The Kier molecular flexibility index (Phi) is 3.41. The van der Waals surface area contributed by atoms with E-state index in [0.29, 0.717) is 6.61 Å². The lowest BCUT2D eigenvalue weighted by Gasteiger charge is -1.94. The van der Waals surface area contributed by atoms with Crippen molar-refractivity contribution < 1.29 is 9.53 Å². The Balaban J connectivity index is 2.06. The minimum absolute atomic E-state index is 0.349. The molecule has 0 saturated heterocycles. The zero-order valence-electron chi connectivity index (χ0n) is 11.0. The zero-order chi connectivity index (χ0) is 13.9. The molecule has 0 bridgehead atoms. The maximum Gasteiger partial charge on any atom is 0.384 e. The molecule has 0 unspecified atom stereocenters. The molecular formula is C17H12O2S. The van der Waals surface area contributed by atoms with Crippen LogP contribution in [-0.4, -0.2) is 12.6 Å². The molecule has 3 rings (SSSR count). The predicted octanol–water partition coefficient (Wildman–Crippen LogP) is 3.97. The molecule has 2 nitrogen and oxygen atoms in total. The van der Waals surface area contributed by atoms with Crippen molar-refractivity contribution >= 4 is 37.5 Å². The minimum Gasteiger partial charge on any atom is -0.456 e. The van der Waals surface area contributed by atoms with Crippen molar-refractivity contribution in [2.75, 3.05) is 6.61 Å². The second kappa shape index (κ2) is 5.36. The van der Waals surface area contributed by atoms with Crippen molar-refractivity contribution in [1.82, 2.24) is 0 Å². The Bertz CT molecular complexity index is 849. The molecule has 1 heterocycles. The molecular weight excluding hydrogens is 268 g/mol. The lowest BCUT2D eigenvalue weighted by atomic mass is 10.1. The number of carbonyl (C=O) groups excluding carboxylic acids is 1. The number of esters is 1. The van der Waals surface area contributed by atoms with Gasteiger partial charge in [0.2, 0.25) is 0 Å². The summed E-state index contributed by atoms with van der Waals surface area (Å²) in [6.45, 7) is 2.12. The van der Waals surface area contributed by atoms with Gasteiger partial charge in [0.1, 0.15) is 0 Å². The van der Waals surface area contributed by atoms with Gasteiger partial charge in [0.25, 0.3) is 0 Å². The van der Waals surface area contributed by atoms with Gasteiger partial charge in [0.15, 0.2) is 0 Å². The van der Waals surface area contributed by atoms with Crippen LogP contribution >= 0.6 is 11.3 Å². The van der Waals surface area contributed by atoms with Crippen LogP contribution in [0, 0.1) is 11.8 Å². The van der Waals surface area contributed by atoms with Gasteiger partial charge in [-0.05, 0) is 31.2 Å². The largest absolute Gasteiger partial charge is 0.456 e. The summed E-state index contributed by atoms with van der Waals surface area (Å²) < 4.78 is 7.29. The van der Waals surface area contributed by atoms with Gasteiger partial charge in [-0.3, -0.25) is 0 Å². The quantitative estimate of drug-likeness (QED) is 0.498. The molecule has 0 amide bonds. The first kappa shape index (κ1) is 12.7. The Hall–Kier alpha value is -2.31. The van der Waals surface area contributed by atoms with Crippen LogP contribution in [0.15, 0.2) is 42.5 Å². The highest BCUT2D eigenvalue weighted by Crippen LogP contribution is 2.33. The first-order chi connectivity index (χ1) is 9.78. The van der Waals surface area contributed by atoms with Crippen molar-refractivity contribution in [3.63, 3.8) is 0 Å². The molecule has 0 atom stereocenters. The molecule has 2 aromatic carbocycles. The van der Waals surface area contributed by atoms with Crippen LogP contribution in [0.3, 0.4) is 0 Å². The number of benzene rings is 2. The van der Waals surface area contributed by atoms with E-state index in [-0.39, 0.29) is 0 Å². The molecule has 0 aliphatic rings. The number of rotatable bonds is 1. The summed E-state index contributed by atoms with van der Waals surface area (Å²) in [7, 11) is 0. The topological polar surface area (TPSA) is 26.3 Å². The van der Waals surface area contributed by atoms with Crippen molar-refractivity contribution in [2.24, 2.45) is 0 Å². The van der Waals surface area contributed by atoms with Crippen LogP contribution in [0.1, 0.15) is 12.5 Å². The van der Waals surface area contributed by atoms with Gasteiger partial charge in [-0.2, -0.15) is 0 Å². The summed E-state index contributed by atoms with van der Waals surface area (Å²) in [6, 6.07) is 14.3. The average molecular weight is 280 g/mol. The molecule has 0 N–H and O–H groups in total. The molecule has 20 heavy (non-hydrogen) atoms. The van der Waals surface area contributed by atoms with Crippen LogP contribution in [0.2, 0.25) is 0 Å². The second-order valence-corrected chi connectivity index (χ2v) is 5.36. The Morgan fingerprint density at radius 2 is 1.95 bits per heavy atom. The highest BCUT2D eigenvalue weighted by Gasteiger charge is 2.04. The first-order valence-electron chi connectivity index (χ1n) is 6.38. The van der Waals surface area contributed by atoms with E-state index in [0.717, 1.165) is 5.56 Å². The smallest absolute Gasteiger partial charge is 0.384 e. The first-order valence-corrected chi connectivity index (χ1v) is 7.19. The van der Waals surface area contributed by atoms with E-state index in [1.54, 1.807) is 18.3 Å². The average Bonchev–Trinajstić information content (AvgIpc) is 2.83. The molecule has 3 heteroatoms. The van der Waals surface area contributed by atoms with Crippen molar-refractivity contribution in [2.45, 2.75) is 6.92 Å². The van der Waals surface area contributed by atoms with Gasteiger partial charge < -0.3 is 4.74 Å². The van der Waals surface area contributed by atoms with Crippen molar-refractivity contribution in [3.8, 4) is 11.8 Å². The van der Waals surface area contributed by atoms with Gasteiger partial charge in [-0.1, -0.05) is 24.1 Å². The fourth-order valence-electron chi connectivity index (χ4n) is 2.09. The summed E-state index contributed by atoms with van der Waals surface area (Å²) in [4.78, 5) is 11.2. The lowest BCUT2D eigenvalue weighted by molar-refractivity contribution is -0.136. The standard InChI is InChI=1S/C17H12O2S/c1-2-19-17(18)10-8-12-7-9-16-14(11-12)13-5-3-4-6-15(13)20-16/h3-7,9,11H,2H2,1H3. The Morgan fingerprint density at radius 3 is 2.80 bits per heavy atom. The summed E-state index contributed by atoms with van der Waals surface area (Å²) >= 11 is 1.76. The summed E-state index contributed by atoms with van der Waals surface area (Å²) in [6.07, 6.45) is 0. The van der Waals surface area contributed by atoms with E-state index in [4.69, 9.17) is 4.74 Å². The zero-order valence-corrected chi connectivity index (χ0v) is 11.8. The molecule has 0 saturated carbocycles. The molecule has 3 aromatic rings. The predicted molar refractivity (Wildman–Crippen MR) is 82.8 cm³/mol. The SMILES string of the molecule is CCOC(=O)C#Cc1ccc2sc3ccccc3c2c1. The van der Waals surface area contributed by atoms with Gasteiger partial charge in [-0.15, -0.1) is 11.3 Å². The normalized spacial score (nSPS) is 10.2. The fourth-order valence-corrected chi connectivity index (χ4v) is 3.18. The summed E-state index contributed by atoms with van der Waals surface area (Å²) in [5, 5.41) is 2.41. The van der Waals surface area contributed by atoms with E-state index in [2.05, 4.69) is 30.0 Å². The van der Waals surface area contributed by atoms with Gasteiger partial charge in [0.05, 0.1) is 6.61 Å². The number of hydrogen-bond acceptors (Lipinski definition) is 3. The highest BCUT2D eigenvalue weighted by molar-refractivity contribution is 7.25. The van der Waals surface area contributed by atoms with Crippen molar-refractivity contribution in [1.29, 1.82) is 0 Å². The maximum atomic E-state index is 11.2. The molecule has 1 aromatic heterocycles. The van der Waals surface area contributed by atoms with Gasteiger partial charge in [0, 0.05) is 31.7 Å². The number of hydrogen-bond donors (Lipinski definition) is 0. The van der Waals surface area contributed by atoms with Gasteiger partial charge in [-0.25, -0.2) is 4.79 Å². The van der Waals surface area contributed by atoms with Crippen LogP contribution in [0.5, 0.6) is 0 Å². The van der Waals surface area contributed by atoms with E-state index >= 15 is 0 Å². The second-order valence-electron chi connectivity index (χ2n) is 4.28.